The summed E-state index contributed by atoms with van der Waals surface area (Å²) in [7, 11) is 0. The monoisotopic (exact) mass is 233 g/mol. The van der Waals surface area contributed by atoms with E-state index in [0.717, 1.165) is 18.0 Å². The molecule has 0 heterocycles. The summed E-state index contributed by atoms with van der Waals surface area (Å²) in [5.74, 6) is 4.22. The smallest absolute Gasteiger partial charge is 0.120 e. The molecule has 1 N–H and O–H groups in total. The second kappa shape index (κ2) is 7.59. The van der Waals surface area contributed by atoms with Gasteiger partial charge in [0, 0.05) is 6.54 Å². The number of nitrogens with one attached hydrogen (secondary N) is 1. The first kappa shape index (κ1) is 13.4. The van der Waals surface area contributed by atoms with Crippen LogP contribution in [-0.4, -0.2) is 25.8 Å². The molecule has 3 nitrogen and oxygen atoms in total. The molecular formula is C14H19NO2. The highest BCUT2D eigenvalue weighted by Crippen LogP contribution is 2.18. The number of hydrogen-bond acceptors (Lipinski definition) is 3. The lowest BCUT2D eigenvalue weighted by atomic mass is 10.3. The van der Waals surface area contributed by atoms with Gasteiger partial charge in [0.2, 0.25) is 0 Å². The number of terminal acetylenes is 1. The molecule has 92 valence electrons. The Balaban J connectivity index is 2.38. The molecule has 0 radical (unpaired) electrons. The topological polar surface area (TPSA) is 30.5 Å². The van der Waals surface area contributed by atoms with Crippen LogP contribution in [0.3, 0.4) is 0 Å². The minimum Gasteiger partial charge on any atom is -0.494 e. The Kier molecular flexibility index (Phi) is 5.98. The molecule has 0 aliphatic heterocycles. The van der Waals surface area contributed by atoms with E-state index in [0.29, 0.717) is 13.2 Å². The second-order valence-electron chi connectivity index (χ2n) is 3.67. The first-order chi connectivity index (χ1) is 8.26. The highest BCUT2D eigenvalue weighted by atomic mass is 16.5. The van der Waals surface area contributed by atoms with Crippen LogP contribution in [0.4, 0.5) is 0 Å². The molecule has 0 amide bonds. The van der Waals surface area contributed by atoms with E-state index < -0.39 is 0 Å². The van der Waals surface area contributed by atoms with Crippen LogP contribution >= 0.6 is 0 Å². The third-order valence-electron chi connectivity index (χ3n) is 2.13. The maximum Gasteiger partial charge on any atom is 0.120 e. The van der Waals surface area contributed by atoms with Crippen molar-refractivity contribution in [1.82, 2.24) is 5.32 Å². The molecule has 1 unspecified atom stereocenters. The van der Waals surface area contributed by atoms with Crippen molar-refractivity contribution in [2.45, 2.75) is 20.0 Å². The fourth-order valence-corrected chi connectivity index (χ4v) is 1.40. The molecule has 17 heavy (non-hydrogen) atoms. The number of rotatable bonds is 7. The third-order valence-corrected chi connectivity index (χ3v) is 2.13. The summed E-state index contributed by atoms with van der Waals surface area (Å²) in [6, 6.07) is 7.62. The molecule has 0 bridgehead atoms. The van der Waals surface area contributed by atoms with Crippen molar-refractivity contribution in [2.24, 2.45) is 0 Å². The standard InChI is InChI=1S/C14H19NO2/c1-4-10-15-11-12(3)17-14-8-6-13(7-9-14)16-5-2/h1,6-9,12,15H,5,10-11H2,2-3H3. The van der Waals surface area contributed by atoms with Crippen molar-refractivity contribution in [1.29, 1.82) is 0 Å². The van der Waals surface area contributed by atoms with Gasteiger partial charge in [0.25, 0.3) is 0 Å². The zero-order chi connectivity index (χ0) is 12.5. The molecule has 0 fully saturated rings. The quantitative estimate of drug-likeness (QED) is 0.577. The Morgan fingerprint density at radius 2 is 1.94 bits per heavy atom. The summed E-state index contributed by atoms with van der Waals surface area (Å²) in [4.78, 5) is 0. The molecule has 3 heteroatoms. The first-order valence-electron chi connectivity index (χ1n) is 5.80. The number of hydrogen-bond donors (Lipinski definition) is 1. The van der Waals surface area contributed by atoms with Crippen LogP contribution in [0.5, 0.6) is 11.5 Å². The minimum absolute atomic E-state index is 0.0845. The molecule has 0 aliphatic rings. The summed E-state index contributed by atoms with van der Waals surface area (Å²) in [6.07, 6.45) is 5.23. The van der Waals surface area contributed by atoms with E-state index in [4.69, 9.17) is 15.9 Å². The first-order valence-corrected chi connectivity index (χ1v) is 5.80. The predicted octanol–water partition coefficient (Wildman–Crippen LogP) is 2.08. The summed E-state index contributed by atoms with van der Waals surface area (Å²) in [5.41, 5.74) is 0. The van der Waals surface area contributed by atoms with Gasteiger partial charge in [-0.15, -0.1) is 6.42 Å². The van der Waals surface area contributed by atoms with Crippen molar-refractivity contribution in [2.75, 3.05) is 19.7 Å². The number of ether oxygens (including phenoxy) is 2. The van der Waals surface area contributed by atoms with Gasteiger partial charge in [0.15, 0.2) is 0 Å². The van der Waals surface area contributed by atoms with Gasteiger partial charge in [0.05, 0.1) is 13.2 Å². The Bertz CT molecular complexity index is 353. The molecule has 0 saturated carbocycles. The molecule has 0 saturated heterocycles. The van der Waals surface area contributed by atoms with Crippen molar-refractivity contribution in [3.8, 4) is 23.8 Å². The Labute approximate surface area is 103 Å². The summed E-state index contributed by atoms with van der Waals surface area (Å²) in [6.45, 7) is 5.94. The molecular weight excluding hydrogens is 214 g/mol. The van der Waals surface area contributed by atoms with E-state index >= 15 is 0 Å². The van der Waals surface area contributed by atoms with E-state index in [2.05, 4.69) is 11.2 Å². The van der Waals surface area contributed by atoms with Gasteiger partial charge in [-0.05, 0) is 38.1 Å². The van der Waals surface area contributed by atoms with Crippen LogP contribution in [0.1, 0.15) is 13.8 Å². The molecule has 0 aliphatic carbocycles. The lowest BCUT2D eigenvalue weighted by Gasteiger charge is -2.15. The van der Waals surface area contributed by atoms with Gasteiger partial charge in [0.1, 0.15) is 17.6 Å². The van der Waals surface area contributed by atoms with Gasteiger partial charge in [-0.25, -0.2) is 0 Å². The van der Waals surface area contributed by atoms with E-state index in [9.17, 15) is 0 Å². The largest absolute Gasteiger partial charge is 0.494 e. The van der Waals surface area contributed by atoms with Crippen molar-refractivity contribution in [3.63, 3.8) is 0 Å². The molecule has 0 aromatic heterocycles. The molecule has 1 rings (SSSR count). The van der Waals surface area contributed by atoms with Gasteiger partial charge < -0.3 is 14.8 Å². The summed E-state index contributed by atoms with van der Waals surface area (Å²) < 4.78 is 11.1. The summed E-state index contributed by atoms with van der Waals surface area (Å²) >= 11 is 0. The zero-order valence-corrected chi connectivity index (χ0v) is 10.4. The number of benzene rings is 1. The highest BCUT2D eigenvalue weighted by molar-refractivity contribution is 5.31. The van der Waals surface area contributed by atoms with Crippen LogP contribution in [0.2, 0.25) is 0 Å². The van der Waals surface area contributed by atoms with Crippen LogP contribution in [0.15, 0.2) is 24.3 Å². The van der Waals surface area contributed by atoms with Crippen LogP contribution in [0.25, 0.3) is 0 Å². The van der Waals surface area contributed by atoms with Gasteiger partial charge in [-0.2, -0.15) is 0 Å². The molecule has 1 atom stereocenters. The molecule has 1 aromatic carbocycles. The zero-order valence-electron chi connectivity index (χ0n) is 10.4. The predicted molar refractivity (Wildman–Crippen MR) is 69.4 cm³/mol. The van der Waals surface area contributed by atoms with Crippen LogP contribution < -0.4 is 14.8 Å². The van der Waals surface area contributed by atoms with Crippen molar-refractivity contribution in [3.05, 3.63) is 24.3 Å². The lowest BCUT2D eigenvalue weighted by Crippen LogP contribution is -2.29. The average molecular weight is 233 g/mol. The molecule has 0 spiro atoms. The molecule has 1 aromatic rings. The average Bonchev–Trinajstić information content (AvgIpc) is 2.32. The van der Waals surface area contributed by atoms with Gasteiger partial charge in [-0.1, -0.05) is 5.92 Å². The lowest BCUT2D eigenvalue weighted by molar-refractivity contribution is 0.219. The highest BCUT2D eigenvalue weighted by Gasteiger charge is 2.03. The van der Waals surface area contributed by atoms with Crippen LogP contribution in [0, 0.1) is 12.3 Å². The Morgan fingerprint density at radius 1 is 1.29 bits per heavy atom. The minimum atomic E-state index is 0.0845. The Hall–Kier alpha value is -1.66. The normalized spacial score (nSPS) is 11.6. The van der Waals surface area contributed by atoms with E-state index in [1.54, 1.807) is 0 Å². The SMILES string of the molecule is C#CCNCC(C)Oc1ccc(OCC)cc1. The third kappa shape index (κ3) is 5.28. The fraction of sp³-hybridized carbons (Fsp3) is 0.429. The van der Waals surface area contributed by atoms with E-state index in [1.807, 2.05) is 38.1 Å². The second-order valence-corrected chi connectivity index (χ2v) is 3.67. The maximum atomic E-state index is 5.71. The van der Waals surface area contributed by atoms with Crippen molar-refractivity contribution < 1.29 is 9.47 Å². The van der Waals surface area contributed by atoms with Crippen LogP contribution in [-0.2, 0) is 0 Å². The maximum absolute atomic E-state index is 5.71. The van der Waals surface area contributed by atoms with Gasteiger partial charge >= 0.3 is 0 Å². The Morgan fingerprint density at radius 3 is 2.53 bits per heavy atom. The van der Waals surface area contributed by atoms with Gasteiger partial charge in [-0.3, -0.25) is 0 Å². The summed E-state index contributed by atoms with van der Waals surface area (Å²) in [5, 5.41) is 3.10. The van der Waals surface area contributed by atoms with E-state index in [1.165, 1.54) is 0 Å². The van der Waals surface area contributed by atoms with E-state index in [-0.39, 0.29) is 6.10 Å². The van der Waals surface area contributed by atoms with Crippen molar-refractivity contribution >= 4 is 0 Å². The fourth-order valence-electron chi connectivity index (χ4n) is 1.40.